The number of likely N-dealkylation sites (tertiary alicyclic amines) is 1. The fourth-order valence-corrected chi connectivity index (χ4v) is 1.37. The zero-order valence-corrected chi connectivity index (χ0v) is 11.2. The SMILES string of the molecule is CC.CC.CCC(=O)N1CCC(OC)C1. The summed E-state index contributed by atoms with van der Waals surface area (Å²) in [5.74, 6) is 0.240. The smallest absolute Gasteiger partial charge is 0.222 e. The van der Waals surface area contributed by atoms with Crippen molar-refractivity contribution in [1.29, 1.82) is 0 Å². The van der Waals surface area contributed by atoms with Crippen molar-refractivity contribution in [2.75, 3.05) is 20.2 Å². The van der Waals surface area contributed by atoms with Crippen molar-refractivity contribution in [3.63, 3.8) is 0 Å². The molecule has 3 heteroatoms. The molecule has 0 aromatic heterocycles. The fraction of sp³-hybridized carbons (Fsp3) is 0.917. The van der Waals surface area contributed by atoms with Gasteiger partial charge in [-0.25, -0.2) is 0 Å². The van der Waals surface area contributed by atoms with Gasteiger partial charge in [-0.3, -0.25) is 4.79 Å². The summed E-state index contributed by atoms with van der Waals surface area (Å²) in [4.78, 5) is 13.0. The van der Waals surface area contributed by atoms with Crippen molar-refractivity contribution in [1.82, 2.24) is 4.90 Å². The van der Waals surface area contributed by atoms with E-state index in [0.717, 1.165) is 19.5 Å². The van der Waals surface area contributed by atoms with E-state index >= 15 is 0 Å². The highest BCUT2D eigenvalue weighted by molar-refractivity contribution is 5.76. The number of carbonyl (C=O) groups is 1. The number of methoxy groups -OCH3 is 1. The lowest BCUT2D eigenvalue weighted by Crippen LogP contribution is -2.29. The van der Waals surface area contributed by atoms with E-state index in [-0.39, 0.29) is 12.0 Å². The quantitative estimate of drug-likeness (QED) is 0.711. The van der Waals surface area contributed by atoms with E-state index in [9.17, 15) is 4.79 Å². The number of ether oxygens (including phenoxy) is 1. The number of hydrogen-bond acceptors (Lipinski definition) is 2. The van der Waals surface area contributed by atoms with E-state index in [2.05, 4.69) is 0 Å². The van der Waals surface area contributed by atoms with E-state index in [4.69, 9.17) is 4.74 Å². The van der Waals surface area contributed by atoms with E-state index in [1.165, 1.54) is 0 Å². The van der Waals surface area contributed by atoms with Crippen LogP contribution in [-0.2, 0) is 9.53 Å². The van der Waals surface area contributed by atoms with Crippen molar-refractivity contribution in [3.05, 3.63) is 0 Å². The van der Waals surface area contributed by atoms with Crippen LogP contribution in [0.15, 0.2) is 0 Å². The molecule has 1 heterocycles. The second-order valence-corrected chi connectivity index (χ2v) is 2.84. The Labute approximate surface area is 94.8 Å². The summed E-state index contributed by atoms with van der Waals surface area (Å²) in [5.41, 5.74) is 0. The van der Waals surface area contributed by atoms with Gasteiger partial charge in [-0.2, -0.15) is 0 Å². The van der Waals surface area contributed by atoms with E-state index in [1.54, 1.807) is 7.11 Å². The molecule has 1 saturated heterocycles. The summed E-state index contributed by atoms with van der Waals surface area (Å²) in [6, 6.07) is 0. The number of nitrogens with zero attached hydrogens (tertiary/aromatic N) is 1. The van der Waals surface area contributed by atoms with Crippen molar-refractivity contribution < 1.29 is 9.53 Å². The molecule has 15 heavy (non-hydrogen) atoms. The minimum absolute atomic E-state index is 0.240. The van der Waals surface area contributed by atoms with Crippen molar-refractivity contribution >= 4 is 5.91 Å². The lowest BCUT2D eigenvalue weighted by Gasteiger charge is -2.14. The molecule has 0 aromatic rings. The topological polar surface area (TPSA) is 29.5 Å². The van der Waals surface area contributed by atoms with Crippen LogP contribution in [-0.4, -0.2) is 37.1 Å². The van der Waals surface area contributed by atoms with Crippen molar-refractivity contribution in [2.24, 2.45) is 0 Å². The molecule has 1 unspecified atom stereocenters. The van der Waals surface area contributed by atoms with Crippen LogP contribution in [0.5, 0.6) is 0 Å². The van der Waals surface area contributed by atoms with Crippen LogP contribution in [0.1, 0.15) is 47.5 Å². The minimum Gasteiger partial charge on any atom is -0.380 e. The average molecular weight is 217 g/mol. The summed E-state index contributed by atoms with van der Waals surface area (Å²) in [7, 11) is 1.70. The van der Waals surface area contributed by atoms with Gasteiger partial charge in [-0.1, -0.05) is 34.6 Å². The first-order valence-corrected chi connectivity index (χ1v) is 6.08. The van der Waals surface area contributed by atoms with Crippen LogP contribution in [0.3, 0.4) is 0 Å². The predicted molar refractivity (Wildman–Crippen MR) is 65.0 cm³/mol. The summed E-state index contributed by atoms with van der Waals surface area (Å²) in [6.45, 7) is 11.5. The molecule has 1 amide bonds. The molecule has 0 aliphatic carbocycles. The highest BCUT2D eigenvalue weighted by Gasteiger charge is 2.24. The standard InChI is InChI=1S/C8H15NO2.2C2H6/c1-3-8(10)9-5-4-7(6-9)11-2;2*1-2/h7H,3-6H2,1-2H3;2*1-2H3. The third-order valence-electron chi connectivity index (χ3n) is 2.13. The molecule has 1 fully saturated rings. The Bertz CT molecular complexity index is 149. The largest absolute Gasteiger partial charge is 0.380 e. The van der Waals surface area contributed by atoms with Crippen LogP contribution >= 0.6 is 0 Å². The predicted octanol–water partition coefficient (Wildman–Crippen LogP) is 2.70. The Morgan fingerprint density at radius 2 is 1.87 bits per heavy atom. The molecule has 1 aliphatic heterocycles. The highest BCUT2D eigenvalue weighted by atomic mass is 16.5. The van der Waals surface area contributed by atoms with Gasteiger partial charge in [0.25, 0.3) is 0 Å². The second kappa shape index (κ2) is 11.5. The zero-order chi connectivity index (χ0) is 12.3. The molecule has 1 rings (SSSR count). The Balaban J connectivity index is 0. The Kier molecular flexibility index (Phi) is 12.9. The van der Waals surface area contributed by atoms with Crippen LogP contribution < -0.4 is 0 Å². The van der Waals surface area contributed by atoms with Gasteiger partial charge in [0, 0.05) is 26.6 Å². The van der Waals surface area contributed by atoms with Crippen molar-refractivity contribution in [2.45, 2.75) is 53.6 Å². The molecule has 0 bridgehead atoms. The first kappa shape index (κ1) is 16.8. The molecule has 0 N–H and O–H groups in total. The molecule has 1 aliphatic rings. The van der Waals surface area contributed by atoms with Gasteiger partial charge in [0.2, 0.25) is 5.91 Å². The van der Waals surface area contributed by atoms with Gasteiger partial charge in [-0.05, 0) is 6.42 Å². The zero-order valence-electron chi connectivity index (χ0n) is 11.2. The molecular weight excluding hydrogens is 190 g/mol. The fourth-order valence-electron chi connectivity index (χ4n) is 1.37. The Hall–Kier alpha value is -0.570. The Morgan fingerprint density at radius 1 is 1.33 bits per heavy atom. The van der Waals surface area contributed by atoms with Gasteiger partial charge in [0.15, 0.2) is 0 Å². The average Bonchev–Trinajstić information content (AvgIpc) is 2.82. The van der Waals surface area contributed by atoms with Gasteiger partial charge in [-0.15, -0.1) is 0 Å². The van der Waals surface area contributed by atoms with Crippen LogP contribution in [0.2, 0.25) is 0 Å². The van der Waals surface area contributed by atoms with E-state index < -0.39 is 0 Å². The lowest BCUT2D eigenvalue weighted by atomic mass is 10.3. The molecule has 92 valence electrons. The highest BCUT2D eigenvalue weighted by Crippen LogP contribution is 2.12. The molecule has 0 aromatic carbocycles. The Morgan fingerprint density at radius 3 is 2.20 bits per heavy atom. The first-order chi connectivity index (χ1) is 7.27. The first-order valence-electron chi connectivity index (χ1n) is 6.08. The van der Waals surface area contributed by atoms with E-state index in [0.29, 0.717) is 6.42 Å². The number of carbonyl (C=O) groups excluding carboxylic acids is 1. The molecular formula is C12H27NO2. The van der Waals surface area contributed by atoms with E-state index in [1.807, 2.05) is 39.5 Å². The maximum absolute atomic E-state index is 11.1. The summed E-state index contributed by atoms with van der Waals surface area (Å²) >= 11 is 0. The molecule has 1 atom stereocenters. The lowest BCUT2D eigenvalue weighted by molar-refractivity contribution is -0.130. The second-order valence-electron chi connectivity index (χ2n) is 2.84. The minimum atomic E-state index is 0.240. The summed E-state index contributed by atoms with van der Waals surface area (Å²) in [6.07, 6.45) is 1.86. The normalized spacial score (nSPS) is 18.5. The maximum Gasteiger partial charge on any atom is 0.222 e. The third kappa shape index (κ3) is 6.50. The monoisotopic (exact) mass is 217 g/mol. The maximum atomic E-state index is 11.1. The summed E-state index contributed by atoms with van der Waals surface area (Å²) in [5, 5.41) is 0. The number of hydrogen-bond donors (Lipinski definition) is 0. The number of amides is 1. The van der Waals surface area contributed by atoms with Crippen LogP contribution in [0.4, 0.5) is 0 Å². The third-order valence-corrected chi connectivity index (χ3v) is 2.13. The van der Waals surface area contributed by atoms with Crippen molar-refractivity contribution in [3.8, 4) is 0 Å². The van der Waals surface area contributed by atoms with Gasteiger partial charge < -0.3 is 9.64 Å². The van der Waals surface area contributed by atoms with Crippen LogP contribution in [0.25, 0.3) is 0 Å². The van der Waals surface area contributed by atoms with Gasteiger partial charge in [0.1, 0.15) is 0 Å². The van der Waals surface area contributed by atoms with Gasteiger partial charge >= 0.3 is 0 Å². The van der Waals surface area contributed by atoms with Gasteiger partial charge in [0.05, 0.1) is 6.10 Å². The molecule has 3 nitrogen and oxygen atoms in total. The van der Waals surface area contributed by atoms with Crippen LogP contribution in [0, 0.1) is 0 Å². The molecule has 0 saturated carbocycles. The summed E-state index contributed by atoms with van der Waals surface area (Å²) < 4.78 is 5.14. The molecule has 0 radical (unpaired) electrons. The number of rotatable bonds is 2. The molecule has 0 spiro atoms.